The molecule has 0 amide bonds. The molecule has 0 bridgehead atoms. The number of nitrogens with one attached hydrogen (secondary N) is 2. The molecule has 10 nitrogen and oxygen atoms in total. The lowest BCUT2D eigenvalue weighted by atomic mass is 9.71. The van der Waals surface area contributed by atoms with Crippen molar-refractivity contribution in [2.75, 3.05) is 33.8 Å². The first-order chi connectivity index (χ1) is 17.6. The molecule has 0 aromatic heterocycles. The number of aryl methyl sites for hydroxylation is 1. The number of phenols is 1. The third kappa shape index (κ3) is 10.8. The highest BCUT2D eigenvalue weighted by molar-refractivity contribution is 5.77. The van der Waals surface area contributed by atoms with Crippen LogP contribution in [0.3, 0.4) is 0 Å². The maximum Gasteiger partial charge on any atom is 0.302 e. The Hall–Kier alpha value is -2.56. The number of nitrogens with two attached hydrogens (primary N) is 1. The lowest BCUT2D eigenvalue weighted by Gasteiger charge is -2.39. The smallest absolute Gasteiger partial charge is 0.302 e. The normalized spacial score (nSPS) is 22.6. The van der Waals surface area contributed by atoms with E-state index in [1.165, 1.54) is 14.0 Å². The van der Waals surface area contributed by atoms with E-state index in [2.05, 4.69) is 15.6 Å². The van der Waals surface area contributed by atoms with E-state index in [0.29, 0.717) is 50.0 Å². The van der Waals surface area contributed by atoms with Gasteiger partial charge >= 0.3 is 5.97 Å². The third-order valence-corrected chi connectivity index (χ3v) is 7.19. The van der Waals surface area contributed by atoms with Crippen molar-refractivity contribution in [2.24, 2.45) is 28.5 Å². The fourth-order valence-electron chi connectivity index (χ4n) is 5.15. The minimum Gasteiger partial charge on any atom is -0.504 e. The zero-order valence-corrected chi connectivity index (χ0v) is 22.7. The largest absolute Gasteiger partial charge is 0.504 e. The maximum atomic E-state index is 11.8. The Balaban J connectivity index is 2.00. The highest BCUT2D eigenvalue weighted by atomic mass is 16.5. The van der Waals surface area contributed by atoms with Crippen LogP contribution in [0.15, 0.2) is 23.2 Å². The Morgan fingerprint density at radius 1 is 1.24 bits per heavy atom. The number of esters is 1. The molecule has 2 rings (SSSR count). The van der Waals surface area contributed by atoms with E-state index in [1.807, 2.05) is 6.07 Å². The molecule has 1 aromatic carbocycles. The number of aliphatic imine (C=N–C) groups is 1. The Bertz CT molecular complexity index is 865. The summed E-state index contributed by atoms with van der Waals surface area (Å²) in [5.74, 6) is 1.22. The molecule has 210 valence electrons. The minimum atomic E-state index is -0.607. The average molecular weight is 523 g/mol. The van der Waals surface area contributed by atoms with Crippen LogP contribution in [-0.4, -0.2) is 79.4 Å². The second kappa shape index (κ2) is 15.6. The van der Waals surface area contributed by atoms with Crippen LogP contribution in [0, 0.1) is 17.8 Å². The van der Waals surface area contributed by atoms with Gasteiger partial charge in [-0.05, 0) is 81.0 Å². The minimum absolute atomic E-state index is 0.0749. The van der Waals surface area contributed by atoms with Crippen molar-refractivity contribution in [3.8, 4) is 11.5 Å². The number of rotatable bonds is 14. The quantitative estimate of drug-likeness (QED) is 0.121. The van der Waals surface area contributed by atoms with Gasteiger partial charge in [0.15, 0.2) is 17.5 Å². The number of phenolic OH excluding ortho intramolecular Hbond substituents is 1. The van der Waals surface area contributed by atoms with Gasteiger partial charge in [-0.15, -0.1) is 0 Å². The Kier molecular flexibility index (Phi) is 13.0. The van der Waals surface area contributed by atoms with Crippen molar-refractivity contribution >= 4 is 11.9 Å². The van der Waals surface area contributed by atoms with Crippen LogP contribution in [0.1, 0.15) is 51.5 Å². The molecule has 6 unspecified atom stereocenters. The fourth-order valence-corrected chi connectivity index (χ4v) is 5.15. The number of aliphatic hydroxyl groups is 2. The number of hydrogen-bond donors (Lipinski definition) is 6. The van der Waals surface area contributed by atoms with Gasteiger partial charge in [-0.2, -0.15) is 0 Å². The Labute approximate surface area is 220 Å². The number of aliphatic hydroxyl groups excluding tert-OH is 2. The van der Waals surface area contributed by atoms with Crippen LogP contribution in [-0.2, 0) is 16.0 Å². The maximum absolute atomic E-state index is 11.8. The summed E-state index contributed by atoms with van der Waals surface area (Å²) in [6.07, 6.45) is 2.73. The van der Waals surface area contributed by atoms with Gasteiger partial charge < -0.3 is 41.2 Å². The van der Waals surface area contributed by atoms with Gasteiger partial charge in [-0.1, -0.05) is 6.07 Å². The molecule has 7 N–H and O–H groups in total. The molecule has 0 radical (unpaired) electrons. The summed E-state index contributed by atoms with van der Waals surface area (Å²) in [6.45, 7) is 5.13. The molecule has 0 spiro atoms. The van der Waals surface area contributed by atoms with E-state index in [9.17, 15) is 20.1 Å². The molecule has 1 saturated carbocycles. The molecule has 0 saturated heterocycles. The highest BCUT2D eigenvalue weighted by Gasteiger charge is 2.35. The zero-order chi connectivity index (χ0) is 27.4. The standard InChI is InChI=1S/C27H46N4O6/c1-17(32)14-30-15-21-8-7-20(12-22(21)16-31-27(28)29-3)25(35)13-23(37-18(2)33)9-5-19-6-10-24(34)26(11-19)36-4/h6,10-11,17,20-23,25,30,32,34-35H,5,7-9,12-16H2,1-4H3,(H3,28,29,31). The Morgan fingerprint density at radius 3 is 2.65 bits per heavy atom. The van der Waals surface area contributed by atoms with E-state index in [-0.39, 0.29) is 23.6 Å². The second-order valence-electron chi connectivity index (χ2n) is 10.2. The van der Waals surface area contributed by atoms with Crippen molar-refractivity contribution in [1.29, 1.82) is 0 Å². The number of nitrogens with zero attached hydrogens (tertiary/aromatic N) is 1. The number of carbonyl (C=O) groups excluding carboxylic acids is 1. The molecule has 6 atom stereocenters. The predicted octanol–water partition coefficient (Wildman–Crippen LogP) is 1.55. The van der Waals surface area contributed by atoms with Crippen LogP contribution in [0.5, 0.6) is 11.5 Å². The lowest BCUT2D eigenvalue weighted by Crippen LogP contribution is -2.44. The number of aromatic hydroxyl groups is 1. The van der Waals surface area contributed by atoms with Crippen LogP contribution in [0.25, 0.3) is 0 Å². The van der Waals surface area contributed by atoms with Gasteiger partial charge in [0, 0.05) is 33.5 Å². The zero-order valence-electron chi connectivity index (χ0n) is 22.7. The van der Waals surface area contributed by atoms with Crippen molar-refractivity contribution in [3.05, 3.63) is 23.8 Å². The monoisotopic (exact) mass is 522 g/mol. The number of carbonyl (C=O) groups is 1. The summed E-state index contributed by atoms with van der Waals surface area (Å²) in [6, 6.07) is 5.17. The number of benzene rings is 1. The molecular weight excluding hydrogens is 476 g/mol. The summed E-state index contributed by atoms with van der Waals surface area (Å²) in [4.78, 5) is 15.8. The van der Waals surface area contributed by atoms with E-state index < -0.39 is 18.3 Å². The van der Waals surface area contributed by atoms with E-state index in [1.54, 1.807) is 26.1 Å². The molecule has 1 aliphatic carbocycles. The highest BCUT2D eigenvalue weighted by Crippen LogP contribution is 2.37. The van der Waals surface area contributed by atoms with Gasteiger partial charge in [-0.25, -0.2) is 0 Å². The van der Waals surface area contributed by atoms with Crippen LogP contribution < -0.4 is 21.1 Å². The van der Waals surface area contributed by atoms with Crippen molar-refractivity contribution < 1.29 is 29.6 Å². The molecular formula is C27H46N4O6. The topological polar surface area (TPSA) is 159 Å². The van der Waals surface area contributed by atoms with Crippen LogP contribution >= 0.6 is 0 Å². The Morgan fingerprint density at radius 2 is 2.00 bits per heavy atom. The number of methoxy groups -OCH3 is 1. The van der Waals surface area contributed by atoms with E-state index in [4.69, 9.17) is 15.2 Å². The van der Waals surface area contributed by atoms with Gasteiger partial charge in [0.1, 0.15) is 6.10 Å². The first-order valence-corrected chi connectivity index (χ1v) is 13.2. The molecule has 37 heavy (non-hydrogen) atoms. The fraction of sp³-hybridized carbons (Fsp3) is 0.704. The third-order valence-electron chi connectivity index (χ3n) is 7.19. The molecule has 0 aliphatic heterocycles. The van der Waals surface area contributed by atoms with Crippen LogP contribution in [0.2, 0.25) is 0 Å². The SMILES string of the molecule is CN=C(N)NCC1CC(C(O)CC(CCc2ccc(O)c(OC)c2)OC(C)=O)CCC1CNCC(C)O. The molecule has 10 heteroatoms. The summed E-state index contributed by atoms with van der Waals surface area (Å²) < 4.78 is 10.8. The predicted molar refractivity (Wildman–Crippen MR) is 144 cm³/mol. The summed E-state index contributed by atoms with van der Waals surface area (Å²) in [5.41, 5.74) is 6.81. The molecule has 1 aliphatic rings. The van der Waals surface area contributed by atoms with Crippen LogP contribution in [0.4, 0.5) is 0 Å². The van der Waals surface area contributed by atoms with Gasteiger partial charge in [-0.3, -0.25) is 9.79 Å². The molecule has 1 aromatic rings. The first-order valence-electron chi connectivity index (χ1n) is 13.2. The summed E-state index contributed by atoms with van der Waals surface area (Å²) in [5, 5.41) is 37.1. The first kappa shape index (κ1) is 30.7. The molecule has 0 heterocycles. The molecule has 1 fully saturated rings. The number of guanidine groups is 1. The van der Waals surface area contributed by atoms with Gasteiger partial charge in [0.2, 0.25) is 0 Å². The average Bonchev–Trinajstić information content (AvgIpc) is 2.86. The summed E-state index contributed by atoms with van der Waals surface area (Å²) in [7, 11) is 3.14. The second-order valence-corrected chi connectivity index (χ2v) is 10.2. The van der Waals surface area contributed by atoms with E-state index in [0.717, 1.165) is 31.4 Å². The van der Waals surface area contributed by atoms with E-state index >= 15 is 0 Å². The van der Waals surface area contributed by atoms with Gasteiger partial charge in [0.25, 0.3) is 0 Å². The lowest BCUT2D eigenvalue weighted by molar-refractivity contribution is -0.148. The summed E-state index contributed by atoms with van der Waals surface area (Å²) >= 11 is 0. The van der Waals surface area contributed by atoms with Gasteiger partial charge in [0.05, 0.1) is 19.3 Å². The number of ether oxygens (including phenoxy) is 2. The number of hydrogen-bond acceptors (Lipinski definition) is 8. The van der Waals surface area contributed by atoms with Crippen molar-refractivity contribution in [3.63, 3.8) is 0 Å². The van der Waals surface area contributed by atoms with Crippen molar-refractivity contribution in [2.45, 2.75) is 70.7 Å². The van der Waals surface area contributed by atoms with Crippen molar-refractivity contribution in [1.82, 2.24) is 10.6 Å².